The fraction of sp³-hybridized carbons (Fsp3) is 0.538. The Morgan fingerprint density at radius 3 is 2.78 bits per heavy atom. The standard InChI is InChI=1S/C13H20N2O2S/c1-10(15-8-7-11-5-6-11)12-3-2-4-13(9-12)18(14,16)17/h2-4,9-11,15H,5-8H2,1H3,(H2,14,16,17). The molecule has 1 aliphatic rings. The normalized spacial score (nSPS) is 17.7. The van der Waals surface area contributed by atoms with Crippen LogP contribution in [-0.4, -0.2) is 15.0 Å². The number of nitrogens with two attached hydrogens (primary N) is 1. The van der Waals surface area contributed by atoms with E-state index >= 15 is 0 Å². The van der Waals surface area contributed by atoms with Crippen LogP contribution in [-0.2, 0) is 10.0 Å². The summed E-state index contributed by atoms with van der Waals surface area (Å²) in [6.07, 6.45) is 3.92. The Balaban J connectivity index is 1.98. The van der Waals surface area contributed by atoms with Gasteiger partial charge in [-0.15, -0.1) is 0 Å². The molecule has 1 aliphatic carbocycles. The van der Waals surface area contributed by atoms with Crippen LogP contribution >= 0.6 is 0 Å². The van der Waals surface area contributed by atoms with Crippen LogP contribution in [0.15, 0.2) is 29.2 Å². The maximum absolute atomic E-state index is 11.3. The highest BCUT2D eigenvalue weighted by molar-refractivity contribution is 7.89. The fourth-order valence-electron chi connectivity index (χ4n) is 1.99. The molecule has 0 saturated heterocycles. The van der Waals surface area contributed by atoms with Crippen LogP contribution in [0.2, 0.25) is 0 Å². The van der Waals surface area contributed by atoms with Crippen LogP contribution in [0.3, 0.4) is 0 Å². The second-order valence-electron chi connectivity index (χ2n) is 5.03. The molecule has 4 nitrogen and oxygen atoms in total. The van der Waals surface area contributed by atoms with Gasteiger partial charge in [0.25, 0.3) is 0 Å². The quantitative estimate of drug-likeness (QED) is 0.826. The van der Waals surface area contributed by atoms with Gasteiger partial charge in [-0.25, -0.2) is 13.6 Å². The molecule has 0 bridgehead atoms. The summed E-state index contributed by atoms with van der Waals surface area (Å²) in [5, 5.41) is 8.54. The molecule has 0 amide bonds. The largest absolute Gasteiger partial charge is 0.310 e. The second kappa shape index (κ2) is 5.38. The van der Waals surface area contributed by atoms with Crippen LogP contribution in [0.1, 0.15) is 37.8 Å². The zero-order valence-corrected chi connectivity index (χ0v) is 11.4. The van der Waals surface area contributed by atoms with E-state index < -0.39 is 10.0 Å². The molecule has 1 aromatic carbocycles. The van der Waals surface area contributed by atoms with Crippen molar-refractivity contribution < 1.29 is 8.42 Å². The summed E-state index contributed by atoms with van der Waals surface area (Å²) < 4.78 is 22.6. The van der Waals surface area contributed by atoms with Gasteiger partial charge in [-0.3, -0.25) is 0 Å². The van der Waals surface area contributed by atoms with Gasteiger partial charge in [0.05, 0.1) is 4.90 Å². The highest BCUT2D eigenvalue weighted by Crippen LogP contribution is 2.32. The highest BCUT2D eigenvalue weighted by Gasteiger charge is 2.20. The zero-order valence-electron chi connectivity index (χ0n) is 10.6. The summed E-state index contributed by atoms with van der Waals surface area (Å²) in [6, 6.07) is 6.96. The average Bonchev–Trinajstić information content (AvgIpc) is 3.12. The van der Waals surface area contributed by atoms with E-state index in [1.54, 1.807) is 12.1 Å². The first-order valence-electron chi connectivity index (χ1n) is 6.33. The molecule has 0 aliphatic heterocycles. The number of sulfonamides is 1. The van der Waals surface area contributed by atoms with Crippen molar-refractivity contribution >= 4 is 10.0 Å². The Kier molecular flexibility index (Phi) is 4.04. The van der Waals surface area contributed by atoms with Gasteiger partial charge < -0.3 is 5.32 Å². The van der Waals surface area contributed by atoms with Gasteiger partial charge in [-0.2, -0.15) is 0 Å². The summed E-state index contributed by atoms with van der Waals surface area (Å²) in [5.74, 6) is 0.903. The molecular weight excluding hydrogens is 248 g/mol. The molecule has 1 atom stereocenters. The van der Waals surface area contributed by atoms with Gasteiger partial charge in [0, 0.05) is 6.04 Å². The van der Waals surface area contributed by atoms with Crippen molar-refractivity contribution in [2.75, 3.05) is 6.54 Å². The van der Waals surface area contributed by atoms with Gasteiger partial charge in [0.15, 0.2) is 0 Å². The molecular formula is C13H20N2O2S. The topological polar surface area (TPSA) is 72.2 Å². The first-order valence-corrected chi connectivity index (χ1v) is 7.87. The molecule has 1 saturated carbocycles. The third-order valence-electron chi connectivity index (χ3n) is 3.39. The summed E-state index contributed by atoms with van der Waals surface area (Å²) >= 11 is 0. The molecule has 2 rings (SSSR count). The van der Waals surface area contributed by atoms with E-state index in [9.17, 15) is 8.42 Å². The van der Waals surface area contributed by atoms with Crippen molar-refractivity contribution in [2.45, 2.75) is 37.1 Å². The van der Waals surface area contributed by atoms with Gasteiger partial charge in [0.1, 0.15) is 0 Å². The summed E-state index contributed by atoms with van der Waals surface area (Å²) in [5.41, 5.74) is 0.956. The molecule has 1 fully saturated rings. The molecule has 18 heavy (non-hydrogen) atoms. The molecule has 0 radical (unpaired) electrons. The van der Waals surface area contributed by atoms with Gasteiger partial charge >= 0.3 is 0 Å². The van der Waals surface area contributed by atoms with Crippen molar-refractivity contribution in [3.05, 3.63) is 29.8 Å². The maximum atomic E-state index is 11.3. The number of rotatable bonds is 6. The predicted molar refractivity (Wildman–Crippen MR) is 71.6 cm³/mol. The van der Waals surface area contributed by atoms with Crippen LogP contribution in [0.5, 0.6) is 0 Å². The molecule has 0 heterocycles. The van der Waals surface area contributed by atoms with E-state index in [1.807, 2.05) is 13.0 Å². The summed E-state index contributed by atoms with van der Waals surface area (Å²) in [7, 11) is -3.61. The van der Waals surface area contributed by atoms with E-state index in [2.05, 4.69) is 5.32 Å². The molecule has 5 heteroatoms. The highest BCUT2D eigenvalue weighted by atomic mass is 32.2. The van der Waals surface area contributed by atoms with Crippen LogP contribution in [0, 0.1) is 5.92 Å². The van der Waals surface area contributed by atoms with Gasteiger partial charge in [-0.05, 0) is 43.5 Å². The average molecular weight is 268 g/mol. The number of hydrogen-bond donors (Lipinski definition) is 2. The third-order valence-corrected chi connectivity index (χ3v) is 4.30. The molecule has 3 N–H and O–H groups in total. The van der Waals surface area contributed by atoms with Gasteiger partial charge in [-0.1, -0.05) is 25.0 Å². The minimum absolute atomic E-state index is 0.144. The Hall–Kier alpha value is -0.910. The van der Waals surface area contributed by atoms with Crippen molar-refractivity contribution in [2.24, 2.45) is 11.1 Å². The lowest BCUT2D eigenvalue weighted by Gasteiger charge is -2.14. The van der Waals surface area contributed by atoms with E-state index in [-0.39, 0.29) is 10.9 Å². The van der Waals surface area contributed by atoms with Crippen LogP contribution < -0.4 is 10.5 Å². The lowest BCUT2D eigenvalue weighted by molar-refractivity contribution is 0.538. The zero-order chi connectivity index (χ0) is 13.2. The summed E-state index contributed by atoms with van der Waals surface area (Å²) in [4.78, 5) is 0.177. The van der Waals surface area contributed by atoms with Gasteiger partial charge in [0.2, 0.25) is 10.0 Å². The number of benzene rings is 1. The Bertz CT molecular complexity index is 509. The maximum Gasteiger partial charge on any atom is 0.238 e. The van der Waals surface area contributed by atoms with E-state index in [0.717, 1.165) is 18.0 Å². The van der Waals surface area contributed by atoms with Crippen LogP contribution in [0.4, 0.5) is 0 Å². The predicted octanol–water partition coefficient (Wildman–Crippen LogP) is 1.78. The lowest BCUT2D eigenvalue weighted by Crippen LogP contribution is -2.21. The van der Waals surface area contributed by atoms with Crippen molar-refractivity contribution in [3.63, 3.8) is 0 Å². The minimum Gasteiger partial charge on any atom is -0.310 e. The minimum atomic E-state index is -3.61. The first-order chi connectivity index (χ1) is 8.47. The fourth-order valence-corrected chi connectivity index (χ4v) is 2.56. The Labute approximate surface area is 109 Å². The monoisotopic (exact) mass is 268 g/mol. The molecule has 0 spiro atoms. The second-order valence-corrected chi connectivity index (χ2v) is 6.59. The van der Waals surface area contributed by atoms with Crippen molar-refractivity contribution in [3.8, 4) is 0 Å². The number of nitrogens with one attached hydrogen (secondary N) is 1. The molecule has 0 aromatic heterocycles. The Morgan fingerprint density at radius 2 is 2.17 bits per heavy atom. The van der Waals surface area contributed by atoms with Crippen LogP contribution in [0.25, 0.3) is 0 Å². The van der Waals surface area contributed by atoms with E-state index in [0.29, 0.717) is 0 Å². The Morgan fingerprint density at radius 1 is 1.44 bits per heavy atom. The molecule has 100 valence electrons. The molecule has 1 unspecified atom stereocenters. The van der Waals surface area contributed by atoms with Crippen molar-refractivity contribution in [1.82, 2.24) is 5.32 Å². The SMILES string of the molecule is CC(NCCC1CC1)c1cccc(S(N)(=O)=O)c1. The smallest absolute Gasteiger partial charge is 0.238 e. The number of primary sulfonamides is 1. The number of hydrogen-bond acceptors (Lipinski definition) is 3. The molecule has 1 aromatic rings. The lowest BCUT2D eigenvalue weighted by atomic mass is 10.1. The van der Waals surface area contributed by atoms with Crippen molar-refractivity contribution in [1.29, 1.82) is 0 Å². The van der Waals surface area contributed by atoms with E-state index in [1.165, 1.54) is 25.3 Å². The first kappa shape index (κ1) is 13.5. The third kappa shape index (κ3) is 3.80. The summed E-state index contributed by atoms with van der Waals surface area (Å²) in [6.45, 7) is 3.01. The van der Waals surface area contributed by atoms with E-state index in [4.69, 9.17) is 5.14 Å².